The second-order valence-electron chi connectivity index (χ2n) is 3.76. The number of carbonyl (C=O) groups is 1. The Balaban J connectivity index is 2.05. The molecule has 1 aromatic heterocycles. The summed E-state index contributed by atoms with van der Waals surface area (Å²) in [5.41, 5.74) is 6.44. The summed E-state index contributed by atoms with van der Waals surface area (Å²) in [4.78, 5) is 15.9. The lowest BCUT2D eigenvalue weighted by atomic mass is 10.2. The average molecular weight is 266 g/mol. The molecule has 0 atom stereocenters. The Labute approximate surface area is 109 Å². The highest BCUT2D eigenvalue weighted by Gasteiger charge is 2.11. The number of carbonyl (C=O) groups excluding carboxylic acids is 1. The summed E-state index contributed by atoms with van der Waals surface area (Å²) in [5.74, 6) is 0.227. The van der Waals surface area contributed by atoms with E-state index >= 15 is 0 Å². The summed E-state index contributed by atoms with van der Waals surface area (Å²) in [6, 6.07) is 4.76. The fourth-order valence-corrected chi connectivity index (χ4v) is 1.64. The van der Waals surface area contributed by atoms with Gasteiger partial charge in [-0.1, -0.05) is 11.6 Å². The zero-order valence-corrected chi connectivity index (χ0v) is 10.5. The smallest absolute Gasteiger partial charge is 0.253 e. The van der Waals surface area contributed by atoms with Gasteiger partial charge < -0.3 is 11.1 Å². The molecule has 3 N–H and O–H groups in total. The third kappa shape index (κ3) is 2.78. The summed E-state index contributed by atoms with van der Waals surface area (Å²) in [6.45, 7) is 0.241. The van der Waals surface area contributed by atoms with E-state index in [0.29, 0.717) is 22.1 Å². The van der Waals surface area contributed by atoms with Gasteiger partial charge in [0.05, 0.1) is 17.1 Å². The van der Waals surface area contributed by atoms with Crippen molar-refractivity contribution in [2.75, 3.05) is 5.73 Å². The van der Waals surface area contributed by atoms with Gasteiger partial charge in [0, 0.05) is 12.7 Å². The minimum Gasteiger partial charge on any atom is -0.399 e. The Morgan fingerprint density at radius 2 is 2.33 bits per heavy atom. The van der Waals surface area contributed by atoms with Crippen LogP contribution < -0.4 is 11.1 Å². The first kappa shape index (κ1) is 12.4. The fraction of sp³-hybridized carbons (Fsp3) is 0.182. The summed E-state index contributed by atoms with van der Waals surface area (Å²) in [5, 5.41) is 7.09. The Hall–Kier alpha value is -2.08. The van der Waals surface area contributed by atoms with Crippen LogP contribution in [0.5, 0.6) is 0 Å². The molecule has 0 saturated heterocycles. The zero-order valence-electron chi connectivity index (χ0n) is 9.72. The summed E-state index contributed by atoms with van der Waals surface area (Å²) >= 11 is 5.93. The van der Waals surface area contributed by atoms with E-state index in [-0.39, 0.29) is 12.5 Å². The molecule has 1 aromatic carbocycles. The first-order chi connectivity index (χ1) is 8.56. The Morgan fingerprint density at radius 3 is 3.00 bits per heavy atom. The highest BCUT2D eigenvalue weighted by atomic mass is 35.5. The lowest BCUT2D eigenvalue weighted by Gasteiger charge is -2.05. The average Bonchev–Trinajstić information content (AvgIpc) is 2.75. The van der Waals surface area contributed by atoms with Gasteiger partial charge in [-0.15, -0.1) is 0 Å². The number of nitrogens with two attached hydrogens (primary N) is 1. The van der Waals surface area contributed by atoms with Crippen molar-refractivity contribution >= 4 is 23.2 Å². The first-order valence-electron chi connectivity index (χ1n) is 5.24. The van der Waals surface area contributed by atoms with Crippen LogP contribution in [0.25, 0.3) is 0 Å². The van der Waals surface area contributed by atoms with Crippen molar-refractivity contribution in [3.05, 3.63) is 40.9 Å². The molecule has 6 nitrogen and oxygen atoms in total. The van der Waals surface area contributed by atoms with Gasteiger partial charge in [0.25, 0.3) is 5.91 Å². The normalized spacial score (nSPS) is 10.3. The van der Waals surface area contributed by atoms with Gasteiger partial charge in [-0.05, 0) is 18.2 Å². The number of nitrogens with zero attached hydrogens (tertiary/aromatic N) is 3. The van der Waals surface area contributed by atoms with E-state index in [0.717, 1.165) is 0 Å². The molecule has 0 spiro atoms. The summed E-state index contributed by atoms with van der Waals surface area (Å²) in [6.07, 6.45) is 1.56. The predicted molar refractivity (Wildman–Crippen MR) is 68.0 cm³/mol. The second kappa shape index (κ2) is 5.05. The molecule has 94 valence electrons. The van der Waals surface area contributed by atoms with Gasteiger partial charge in [0.2, 0.25) is 0 Å². The number of aromatic nitrogens is 3. The van der Waals surface area contributed by atoms with E-state index in [1.54, 1.807) is 30.2 Å². The van der Waals surface area contributed by atoms with E-state index in [1.807, 2.05) is 0 Å². The molecular formula is C11H12ClN5O. The van der Waals surface area contributed by atoms with E-state index in [4.69, 9.17) is 17.3 Å². The Morgan fingerprint density at radius 1 is 1.56 bits per heavy atom. The molecule has 2 rings (SSSR count). The number of nitrogen functional groups attached to an aromatic ring is 1. The molecule has 0 aliphatic rings. The number of amides is 1. The van der Waals surface area contributed by atoms with E-state index < -0.39 is 0 Å². The van der Waals surface area contributed by atoms with Crippen LogP contribution in [0.15, 0.2) is 24.5 Å². The molecule has 2 aromatic rings. The second-order valence-corrected chi connectivity index (χ2v) is 4.16. The van der Waals surface area contributed by atoms with Crippen molar-refractivity contribution < 1.29 is 4.79 Å². The highest BCUT2D eigenvalue weighted by molar-refractivity contribution is 6.34. The van der Waals surface area contributed by atoms with Crippen LogP contribution >= 0.6 is 11.6 Å². The van der Waals surface area contributed by atoms with Crippen LogP contribution in [-0.4, -0.2) is 20.7 Å². The van der Waals surface area contributed by atoms with Gasteiger partial charge in [0.1, 0.15) is 6.33 Å². The van der Waals surface area contributed by atoms with E-state index in [1.165, 1.54) is 6.07 Å². The number of nitrogens with one attached hydrogen (secondary N) is 1. The third-order valence-electron chi connectivity index (χ3n) is 2.29. The SMILES string of the molecule is Cn1cnc(CNC(=O)c2cc(N)ccc2Cl)n1. The standard InChI is InChI=1S/C11H12ClN5O/c1-17-6-15-10(16-17)5-14-11(18)8-4-7(13)2-3-9(8)12/h2-4,6H,5,13H2,1H3,(H,14,18). The first-order valence-corrected chi connectivity index (χ1v) is 5.62. The van der Waals surface area contributed by atoms with Crippen LogP contribution in [0.2, 0.25) is 5.02 Å². The largest absolute Gasteiger partial charge is 0.399 e. The molecule has 1 amide bonds. The molecular weight excluding hydrogens is 254 g/mol. The molecule has 0 fully saturated rings. The minimum absolute atomic E-state index is 0.241. The van der Waals surface area contributed by atoms with Crippen molar-refractivity contribution in [2.45, 2.75) is 6.54 Å². The van der Waals surface area contributed by atoms with Crippen LogP contribution in [0, 0.1) is 0 Å². The van der Waals surface area contributed by atoms with Crippen molar-refractivity contribution in [1.82, 2.24) is 20.1 Å². The van der Waals surface area contributed by atoms with Crippen LogP contribution in [0.1, 0.15) is 16.2 Å². The number of aryl methyl sites for hydroxylation is 1. The highest BCUT2D eigenvalue weighted by Crippen LogP contribution is 2.18. The lowest BCUT2D eigenvalue weighted by molar-refractivity contribution is 0.0950. The number of rotatable bonds is 3. The predicted octanol–water partition coefficient (Wildman–Crippen LogP) is 0.981. The van der Waals surface area contributed by atoms with Crippen molar-refractivity contribution in [3.63, 3.8) is 0 Å². The van der Waals surface area contributed by atoms with Gasteiger partial charge in [-0.3, -0.25) is 9.48 Å². The zero-order chi connectivity index (χ0) is 13.1. The summed E-state index contributed by atoms with van der Waals surface area (Å²) in [7, 11) is 1.76. The van der Waals surface area contributed by atoms with Gasteiger partial charge in [-0.2, -0.15) is 5.10 Å². The Kier molecular flexibility index (Phi) is 3.47. The molecule has 1 heterocycles. The molecule has 0 radical (unpaired) electrons. The van der Waals surface area contributed by atoms with Crippen LogP contribution in [0.4, 0.5) is 5.69 Å². The third-order valence-corrected chi connectivity index (χ3v) is 2.62. The molecule has 0 unspecified atom stereocenters. The van der Waals surface area contributed by atoms with E-state index in [9.17, 15) is 4.79 Å². The molecule has 7 heteroatoms. The van der Waals surface area contributed by atoms with Gasteiger partial charge in [-0.25, -0.2) is 4.98 Å². The van der Waals surface area contributed by atoms with Crippen LogP contribution in [0.3, 0.4) is 0 Å². The summed E-state index contributed by atoms with van der Waals surface area (Å²) < 4.78 is 1.56. The number of halogens is 1. The van der Waals surface area contributed by atoms with Crippen molar-refractivity contribution in [2.24, 2.45) is 7.05 Å². The quantitative estimate of drug-likeness (QED) is 0.810. The van der Waals surface area contributed by atoms with Crippen molar-refractivity contribution in [1.29, 1.82) is 0 Å². The number of anilines is 1. The Bertz CT molecular complexity index is 581. The fourth-order valence-electron chi connectivity index (χ4n) is 1.44. The number of hydrogen-bond donors (Lipinski definition) is 2. The monoisotopic (exact) mass is 265 g/mol. The maximum Gasteiger partial charge on any atom is 0.253 e. The molecule has 0 saturated carbocycles. The van der Waals surface area contributed by atoms with Gasteiger partial charge >= 0.3 is 0 Å². The minimum atomic E-state index is -0.306. The van der Waals surface area contributed by atoms with Crippen molar-refractivity contribution in [3.8, 4) is 0 Å². The van der Waals surface area contributed by atoms with E-state index in [2.05, 4.69) is 15.4 Å². The lowest BCUT2D eigenvalue weighted by Crippen LogP contribution is -2.24. The maximum atomic E-state index is 11.9. The van der Waals surface area contributed by atoms with Gasteiger partial charge in [0.15, 0.2) is 5.82 Å². The molecule has 0 aliphatic heterocycles. The molecule has 0 bridgehead atoms. The number of hydrogen-bond acceptors (Lipinski definition) is 4. The maximum absolute atomic E-state index is 11.9. The molecule has 0 aliphatic carbocycles. The van der Waals surface area contributed by atoms with Crippen LogP contribution in [-0.2, 0) is 13.6 Å². The number of benzene rings is 1. The topological polar surface area (TPSA) is 85.8 Å². The molecule has 18 heavy (non-hydrogen) atoms.